The maximum atomic E-state index is 12.0. The molecule has 0 spiro atoms. The molecular formula is C14H14BN3O. The third kappa shape index (κ3) is 3.11. The van der Waals surface area contributed by atoms with Crippen molar-refractivity contribution < 1.29 is 9.36 Å². The zero-order chi connectivity index (χ0) is 13.8. The Morgan fingerprint density at radius 2 is 2.11 bits per heavy atom. The van der Waals surface area contributed by atoms with E-state index in [-0.39, 0.29) is 5.68 Å². The van der Waals surface area contributed by atoms with Crippen molar-refractivity contribution in [2.24, 2.45) is 14.1 Å². The minimum atomic E-state index is 0.0436. The lowest BCUT2D eigenvalue weighted by atomic mass is 9.69. The van der Waals surface area contributed by atoms with Crippen molar-refractivity contribution in [3.8, 4) is 6.07 Å². The lowest BCUT2D eigenvalue weighted by Crippen LogP contribution is -2.52. The Labute approximate surface area is 113 Å². The lowest BCUT2D eigenvalue weighted by molar-refractivity contribution is -0.652. The van der Waals surface area contributed by atoms with Crippen molar-refractivity contribution in [1.82, 2.24) is 4.57 Å². The van der Waals surface area contributed by atoms with Crippen molar-refractivity contribution in [3.63, 3.8) is 0 Å². The summed E-state index contributed by atoms with van der Waals surface area (Å²) >= 11 is 0. The molecule has 2 aromatic rings. The SMILES string of the molecule is Cn1cc[n+](C)c1[B-]C(=O)Cc1ccc(C#N)cc1. The molecule has 0 saturated carbocycles. The highest BCUT2D eigenvalue weighted by Gasteiger charge is 2.03. The standard InChI is InChI=1S/C14H14BN3O/c1-17-7-8-18(2)14(17)15-13(19)9-11-3-5-12(10-16)6-4-11/h3-8H,9H2,1-2H3. The topological polar surface area (TPSA) is 49.7 Å². The smallest absolute Gasteiger partial charge is 0.125 e. The number of aromatic nitrogens is 2. The average molecular weight is 251 g/mol. The molecule has 5 heteroatoms. The Kier molecular flexibility index (Phi) is 3.81. The number of benzene rings is 1. The Morgan fingerprint density at radius 3 is 2.63 bits per heavy atom. The van der Waals surface area contributed by atoms with Crippen LogP contribution in [-0.2, 0) is 25.3 Å². The van der Waals surface area contributed by atoms with E-state index in [9.17, 15) is 4.79 Å². The molecule has 0 aliphatic heterocycles. The second-order valence-electron chi connectivity index (χ2n) is 4.47. The molecule has 0 unspecified atom stereocenters. The van der Waals surface area contributed by atoms with E-state index in [2.05, 4.69) is 6.07 Å². The first-order valence-electron chi connectivity index (χ1n) is 5.97. The molecule has 0 bridgehead atoms. The van der Waals surface area contributed by atoms with Gasteiger partial charge in [-0.3, -0.25) is 9.13 Å². The zero-order valence-electron chi connectivity index (χ0n) is 11.0. The Bertz CT molecular complexity index is 618. The first-order chi connectivity index (χ1) is 9.10. The average Bonchev–Trinajstić information content (AvgIpc) is 2.71. The maximum Gasteiger partial charge on any atom is 0.125 e. The van der Waals surface area contributed by atoms with Gasteiger partial charge in [0.1, 0.15) is 12.4 Å². The molecule has 2 rings (SSSR count). The molecule has 94 valence electrons. The molecule has 1 aromatic carbocycles. The predicted molar refractivity (Wildman–Crippen MR) is 71.8 cm³/mol. The summed E-state index contributed by atoms with van der Waals surface area (Å²) in [7, 11) is 5.44. The maximum absolute atomic E-state index is 12.0. The fourth-order valence-corrected chi connectivity index (χ4v) is 1.90. The van der Waals surface area contributed by atoms with Crippen molar-refractivity contribution in [1.29, 1.82) is 5.26 Å². The van der Waals surface area contributed by atoms with Crippen LogP contribution in [0.4, 0.5) is 0 Å². The number of carbonyl (C=O) groups excluding carboxylic acids is 1. The number of hydrogen-bond acceptors (Lipinski definition) is 2. The van der Waals surface area contributed by atoms with E-state index < -0.39 is 0 Å². The second kappa shape index (κ2) is 5.53. The van der Waals surface area contributed by atoms with Crippen LogP contribution in [0.3, 0.4) is 0 Å². The molecule has 0 amide bonds. The van der Waals surface area contributed by atoms with Gasteiger partial charge in [-0.25, -0.2) is 0 Å². The zero-order valence-corrected chi connectivity index (χ0v) is 11.0. The molecule has 0 aliphatic rings. The fraction of sp³-hybridized carbons (Fsp3) is 0.214. The highest BCUT2D eigenvalue weighted by molar-refractivity contribution is 6.82. The van der Waals surface area contributed by atoms with E-state index in [1.807, 2.05) is 47.8 Å². The van der Waals surface area contributed by atoms with Crippen molar-refractivity contribution in [2.75, 3.05) is 0 Å². The van der Waals surface area contributed by atoms with Gasteiger partial charge in [0.25, 0.3) is 0 Å². The predicted octanol–water partition coefficient (Wildman–Crippen LogP) is -0.180. The third-order valence-electron chi connectivity index (χ3n) is 2.99. The van der Waals surface area contributed by atoms with E-state index in [0.717, 1.165) is 11.3 Å². The Morgan fingerprint density at radius 1 is 1.42 bits per heavy atom. The molecule has 1 aromatic heterocycles. The van der Waals surface area contributed by atoms with E-state index in [1.165, 1.54) is 0 Å². The largest absolute Gasteiger partial charge is 0.352 e. The number of nitriles is 1. The number of aryl methyl sites for hydroxylation is 2. The van der Waals surface area contributed by atoms with Crippen LogP contribution in [0.1, 0.15) is 11.1 Å². The van der Waals surface area contributed by atoms with Gasteiger partial charge >= 0.3 is 0 Å². The van der Waals surface area contributed by atoms with Crippen LogP contribution < -0.4 is 10.3 Å². The lowest BCUT2D eigenvalue weighted by Gasteiger charge is -2.12. The van der Waals surface area contributed by atoms with Gasteiger partial charge in [-0.1, -0.05) is 25.1 Å². The first kappa shape index (κ1) is 13.1. The number of hydrogen-bond donors (Lipinski definition) is 0. The quantitative estimate of drug-likeness (QED) is 0.559. The third-order valence-corrected chi connectivity index (χ3v) is 2.99. The summed E-state index contributed by atoms with van der Waals surface area (Å²) in [4.78, 5) is 12.0. The summed E-state index contributed by atoms with van der Waals surface area (Å²) in [6.45, 7) is 0. The molecule has 2 radical (unpaired) electrons. The molecule has 0 aliphatic carbocycles. The molecule has 0 saturated heterocycles. The van der Waals surface area contributed by atoms with Crippen LogP contribution in [-0.4, -0.2) is 17.5 Å². The summed E-state index contributed by atoms with van der Waals surface area (Å²) in [5.41, 5.74) is 2.42. The molecule has 19 heavy (non-hydrogen) atoms. The molecule has 1 heterocycles. The van der Waals surface area contributed by atoms with Crippen molar-refractivity contribution in [2.45, 2.75) is 6.42 Å². The minimum absolute atomic E-state index is 0.0436. The van der Waals surface area contributed by atoms with Crippen LogP contribution in [0.5, 0.6) is 0 Å². The molecule has 4 nitrogen and oxygen atoms in total. The first-order valence-corrected chi connectivity index (χ1v) is 5.97. The molecule has 0 fully saturated rings. The van der Waals surface area contributed by atoms with Crippen molar-refractivity contribution >= 4 is 18.7 Å². The normalized spacial score (nSPS) is 10.2. The summed E-state index contributed by atoms with van der Waals surface area (Å²) in [5.74, 6) is 0. The number of rotatable bonds is 4. The second-order valence-corrected chi connectivity index (χ2v) is 4.47. The van der Waals surface area contributed by atoms with E-state index in [4.69, 9.17) is 5.26 Å². The van der Waals surface area contributed by atoms with Gasteiger partial charge in [0.05, 0.1) is 25.7 Å². The highest BCUT2D eigenvalue weighted by atomic mass is 16.1. The minimum Gasteiger partial charge on any atom is -0.352 e. The number of nitrogens with zero attached hydrogens (tertiary/aromatic N) is 3. The van der Waals surface area contributed by atoms with Gasteiger partial charge in [-0.15, -0.1) is 0 Å². The molecular weight excluding hydrogens is 237 g/mol. The van der Waals surface area contributed by atoms with Gasteiger partial charge < -0.3 is 4.79 Å². The highest BCUT2D eigenvalue weighted by Crippen LogP contribution is 2.04. The summed E-state index contributed by atoms with van der Waals surface area (Å²) < 4.78 is 3.80. The monoisotopic (exact) mass is 251 g/mol. The van der Waals surface area contributed by atoms with E-state index >= 15 is 0 Å². The van der Waals surface area contributed by atoms with E-state index in [1.54, 1.807) is 19.4 Å². The number of imidazole rings is 1. The molecule has 0 N–H and O–H groups in total. The van der Waals surface area contributed by atoms with Crippen LogP contribution in [0.15, 0.2) is 36.7 Å². The Hall–Kier alpha value is -2.35. The summed E-state index contributed by atoms with van der Waals surface area (Å²) in [6, 6.07) is 9.14. The van der Waals surface area contributed by atoms with Gasteiger partial charge in [0, 0.05) is 5.72 Å². The van der Waals surface area contributed by atoms with Crippen LogP contribution in [0.25, 0.3) is 0 Å². The summed E-state index contributed by atoms with van der Waals surface area (Å²) in [6.07, 6.45) is 4.15. The van der Waals surface area contributed by atoms with Gasteiger partial charge in [0.2, 0.25) is 0 Å². The van der Waals surface area contributed by atoms with Crippen LogP contribution in [0.2, 0.25) is 0 Å². The van der Waals surface area contributed by atoms with Gasteiger partial charge in [-0.05, 0) is 24.1 Å². The molecule has 0 atom stereocenters. The number of carbonyl (C=O) groups is 1. The van der Waals surface area contributed by atoms with Crippen LogP contribution in [0, 0.1) is 11.3 Å². The van der Waals surface area contributed by atoms with Gasteiger partial charge in [-0.2, -0.15) is 5.26 Å². The van der Waals surface area contributed by atoms with Gasteiger partial charge in [0.15, 0.2) is 0 Å². The van der Waals surface area contributed by atoms with Crippen LogP contribution >= 0.6 is 0 Å². The Balaban J connectivity index is 2.03. The fourth-order valence-electron chi connectivity index (χ4n) is 1.90. The van der Waals surface area contributed by atoms with Crippen molar-refractivity contribution in [3.05, 3.63) is 47.8 Å². The summed E-state index contributed by atoms with van der Waals surface area (Å²) in [5, 5.41) is 8.71. The van der Waals surface area contributed by atoms with E-state index in [0.29, 0.717) is 12.0 Å².